The lowest BCUT2D eigenvalue weighted by atomic mass is 10.1. The summed E-state index contributed by atoms with van der Waals surface area (Å²) in [4.78, 5) is 37.8. The van der Waals surface area contributed by atoms with Crippen LogP contribution in [0.5, 0.6) is 0 Å². The maximum Gasteiger partial charge on any atom is 0.306 e. The molecule has 0 radical (unpaired) electrons. The van der Waals surface area contributed by atoms with Crippen LogP contribution >= 0.6 is 11.8 Å². The maximum absolute atomic E-state index is 12.5. The molecular formula is C12H18N2O5S. The number of nitrogens with zero attached hydrogens (tertiary/aromatic N) is 2. The number of carboxylic acids is 1. The SMILES string of the molecule is CC(=O)N1CSC[C@H]1C(=O)N1CCO[C@H](CC(=O)O)C1. The van der Waals surface area contributed by atoms with E-state index in [-0.39, 0.29) is 24.8 Å². The molecule has 2 amide bonds. The van der Waals surface area contributed by atoms with Crippen molar-refractivity contribution in [3.05, 3.63) is 0 Å². The van der Waals surface area contributed by atoms with Gasteiger partial charge in [-0.25, -0.2) is 0 Å². The lowest BCUT2D eigenvalue weighted by Crippen LogP contribution is -2.53. The lowest BCUT2D eigenvalue weighted by molar-refractivity contribution is -0.151. The molecule has 0 bridgehead atoms. The van der Waals surface area contributed by atoms with Crippen LogP contribution in [0.3, 0.4) is 0 Å². The van der Waals surface area contributed by atoms with Gasteiger partial charge in [-0.3, -0.25) is 14.4 Å². The van der Waals surface area contributed by atoms with Gasteiger partial charge in [0.25, 0.3) is 0 Å². The molecule has 0 spiro atoms. The Morgan fingerprint density at radius 1 is 1.40 bits per heavy atom. The predicted octanol–water partition coefficient (Wildman–Crippen LogP) is -0.390. The highest BCUT2D eigenvalue weighted by Crippen LogP contribution is 2.23. The molecule has 2 aliphatic heterocycles. The molecule has 2 atom stereocenters. The van der Waals surface area contributed by atoms with E-state index in [1.54, 1.807) is 21.6 Å². The molecular weight excluding hydrogens is 284 g/mol. The summed E-state index contributed by atoms with van der Waals surface area (Å²) >= 11 is 1.55. The zero-order chi connectivity index (χ0) is 14.7. The van der Waals surface area contributed by atoms with Crippen LogP contribution < -0.4 is 0 Å². The van der Waals surface area contributed by atoms with E-state index in [0.29, 0.717) is 24.8 Å². The number of carboxylic acid groups (broad SMARTS) is 1. The first kappa shape index (κ1) is 15.1. The molecule has 2 fully saturated rings. The Bertz CT molecular complexity index is 417. The van der Waals surface area contributed by atoms with Crippen molar-refractivity contribution in [2.24, 2.45) is 0 Å². The van der Waals surface area contributed by atoms with Crippen molar-refractivity contribution in [3.8, 4) is 0 Å². The first-order valence-electron chi connectivity index (χ1n) is 6.46. The van der Waals surface area contributed by atoms with Crippen molar-refractivity contribution >= 4 is 29.5 Å². The summed E-state index contributed by atoms with van der Waals surface area (Å²) in [7, 11) is 0. The van der Waals surface area contributed by atoms with Gasteiger partial charge in [0.2, 0.25) is 11.8 Å². The first-order valence-corrected chi connectivity index (χ1v) is 7.61. The van der Waals surface area contributed by atoms with Crippen LogP contribution in [-0.2, 0) is 19.1 Å². The highest BCUT2D eigenvalue weighted by molar-refractivity contribution is 7.99. The fourth-order valence-corrected chi connectivity index (χ4v) is 3.62. The summed E-state index contributed by atoms with van der Waals surface area (Å²) in [6, 6.07) is -0.430. The molecule has 20 heavy (non-hydrogen) atoms. The van der Waals surface area contributed by atoms with Gasteiger partial charge in [0.05, 0.1) is 25.0 Å². The van der Waals surface area contributed by atoms with Crippen LogP contribution in [0.1, 0.15) is 13.3 Å². The number of thioether (sulfide) groups is 1. The molecule has 112 valence electrons. The standard InChI is InChI=1S/C12H18N2O5S/c1-8(15)14-7-20-6-10(14)12(18)13-2-3-19-9(5-13)4-11(16)17/h9-10H,2-7H2,1H3,(H,16,17)/t9-,10+/m1/s1. The Morgan fingerprint density at radius 3 is 2.80 bits per heavy atom. The topological polar surface area (TPSA) is 87.2 Å². The molecule has 0 saturated carbocycles. The Hall–Kier alpha value is -1.28. The molecule has 2 heterocycles. The highest BCUT2D eigenvalue weighted by atomic mass is 32.2. The van der Waals surface area contributed by atoms with Gasteiger partial charge < -0.3 is 19.6 Å². The second-order valence-electron chi connectivity index (χ2n) is 4.88. The number of hydrogen-bond acceptors (Lipinski definition) is 5. The van der Waals surface area contributed by atoms with Crippen molar-refractivity contribution in [2.45, 2.75) is 25.5 Å². The first-order chi connectivity index (χ1) is 9.49. The van der Waals surface area contributed by atoms with Crippen molar-refractivity contribution in [1.82, 2.24) is 9.80 Å². The normalized spacial score (nSPS) is 26.6. The van der Waals surface area contributed by atoms with Crippen molar-refractivity contribution in [1.29, 1.82) is 0 Å². The van der Waals surface area contributed by atoms with Crippen LogP contribution in [0.25, 0.3) is 0 Å². The van der Waals surface area contributed by atoms with Crippen LogP contribution in [0.2, 0.25) is 0 Å². The van der Waals surface area contributed by atoms with E-state index >= 15 is 0 Å². The van der Waals surface area contributed by atoms with E-state index in [9.17, 15) is 14.4 Å². The second kappa shape index (κ2) is 6.45. The molecule has 0 aromatic rings. The van der Waals surface area contributed by atoms with Gasteiger partial charge in [0.15, 0.2) is 0 Å². The number of rotatable bonds is 3. The van der Waals surface area contributed by atoms with E-state index in [4.69, 9.17) is 9.84 Å². The Morgan fingerprint density at radius 2 is 2.15 bits per heavy atom. The molecule has 7 nitrogen and oxygen atoms in total. The molecule has 2 rings (SSSR count). The Kier molecular flexibility index (Phi) is 4.87. The third-order valence-corrected chi connectivity index (χ3v) is 4.44. The number of carbonyl (C=O) groups excluding carboxylic acids is 2. The van der Waals surface area contributed by atoms with Gasteiger partial charge in [0.1, 0.15) is 6.04 Å². The fourth-order valence-electron chi connectivity index (χ4n) is 2.41. The molecule has 2 saturated heterocycles. The van der Waals surface area contributed by atoms with E-state index in [1.165, 1.54) is 6.92 Å². The average Bonchev–Trinajstić information content (AvgIpc) is 2.86. The lowest BCUT2D eigenvalue weighted by Gasteiger charge is -2.35. The van der Waals surface area contributed by atoms with Gasteiger partial charge in [-0.1, -0.05) is 0 Å². The summed E-state index contributed by atoms with van der Waals surface area (Å²) in [5.74, 6) is -0.0211. The molecule has 0 aliphatic carbocycles. The summed E-state index contributed by atoms with van der Waals surface area (Å²) in [6.45, 7) is 2.52. The van der Waals surface area contributed by atoms with E-state index in [0.717, 1.165) is 0 Å². The zero-order valence-electron chi connectivity index (χ0n) is 11.3. The quantitative estimate of drug-likeness (QED) is 0.764. The van der Waals surface area contributed by atoms with E-state index < -0.39 is 18.1 Å². The van der Waals surface area contributed by atoms with Gasteiger partial charge in [0, 0.05) is 25.8 Å². The van der Waals surface area contributed by atoms with Crippen molar-refractivity contribution in [3.63, 3.8) is 0 Å². The van der Waals surface area contributed by atoms with Crippen molar-refractivity contribution < 1.29 is 24.2 Å². The van der Waals surface area contributed by atoms with E-state index in [2.05, 4.69) is 0 Å². The number of aliphatic carboxylic acids is 1. The number of carbonyl (C=O) groups is 3. The van der Waals surface area contributed by atoms with Gasteiger partial charge in [-0.15, -0.1) is 11.8 Å². The van der Waals surface area contributed by atoms with Crippen molar-refractivity contribution in [2.75, 3.05) is 31.3 Å². The largest absolute Gasteiger partial charge is 0.481 e. The minimum atomic E-state index is -0.939. The van der Waals surface area contributed by atoms with Crippen LogP contribution in [0, 0.1) is 0 Å². The van der Waals surface area contributed by atoms with Crippen LogP contribution in [0.4, 0.5) is 0 Å². The molecule has 1 N–H and O–H groups in total. The molecule has 0 unspecified atom stereocenters. The third-order valence-electron chi connectivity index (χ3n) is 3.42. The van der Waals surface area contributed by atoms with E-state index in [1.807, 2.05) is 0 Å². The van der Waals surface area contributed by atoms with Gasteiger partial charge in [-0.2, -0.15) is 0 Å². The number of amides is 2. The number of hydrogen-bond donors (Lipinski definition) is 1. The minimum absolute atomic E-state index is 0.108. The molecule has 8 heteroatoms. The maximum atomic E-state index is 12.5. The minimum Gasteiger partial charge on any atom is -0.481 e. The molecule has 0 aromatic heterocycles. The Labute approximate surface area is 121 Å². The van der Waals surface area contributed by atoms with Crippen LogP contribution in [-0.4, -0.2) is 76.2 Å². The summed E-state index contributed by atoms with van der Waals surface area (Å²) in [5.41, 5.74) is 0. The predicted molar refractivity (Wildman–Crippen MR) is 72.2 cm³/mol. The second-order valence-corrected chi connectivity index (χ2v) is 5.88. The number of ether oxygens (including phenoxy) is 1. The van der Waals surface area contributed by atoms with Gasteiger partial charge >= 0.3 is 5.97 Å². The third kappa shape index (κ3) is 3.43. The summed E-state index contributed by atoms with van der Waals surface area (Å²) < 4.78 is 5.35. The van der Waals surface area contributed by atoms with Gasteiger partial charge in [-0.05, 0) is 0 Å². The zero-order valence-corrected chi connectivity index (χ0v) is 12.1. The molecule has 2 aliphatic rings. The summed E-state index contributed by atoms with van der Waals surface area (Å²) in [6.07, 6.45) is -0.579. The molecule has 0 aromatic carbocycles. The fraction of sp³-hybridized carbons (Fsp3) is 0.750. The summed E-state index contributed by atoms with van der Waals surface area (Å²) in [5, 5.41) is 8.78. The smallest absolute Gasteiger partial charge is 0.306 e. The van der Waals surface area contributed by atoms with Crippen LogP contribution in [0.15, 0.2) is 0 Å². The highest BCUT2D eigenvalue weighted by Gasteiger charge is 2.37. The average molecular weight is 302 g/mol. The Balaban J connectivity index is 1.97. The number of morpholine rings is 1. The monoisotopic (exact) mass is 302 g/mol.